The Balaban J connectivity index is 2.11. The summed E-state index contributed by atoms with van der Waals surface area (Å²) in [4.78, 5) is 26.9. The monoisotopic (exact) mass is 348 g/mol. The van der Waals surface area contributed by atoms with Crippen LogP contribution in [-0.2, 0) is 10.2 Å². The average Bonchev–Trinajstić information content (AvgIpc) is 3.03. The fourth-order valence-electron chi connectivity index (χ4n) is 2.58. The van der Waals surface area contributed by atoms with Crippen LogP contribution in [0.25, 0.3) is 0 Å². The molecule has 0 radical (unpaired) electrons. The molecule has 5 heteroatoms. The van der Waals surface area contributed by atoms with Crippen LogP contribution in [0.2, 0.25) is 0 Å². The number of carbonyl (C=O) groups excluding carboxylic acids is 2. The molecular weight excluding hydrogens is 320 g/mol. The van der Waals surface area contributed by atoms with Gasteiger partial charge in [0.25, 0.3) is 5.91 Å². The van der Waals surface area contributed by atoms with E-state index in [0.717, 1.165) is 6.42 Å². The minimum Gasteiger partial charge on any atom is -0.352 e. The van der Waals surface area contributed by atoms with Gasteiger partial charge in [-0.05, 0) is 36.5 Å². The van der Waals surface area contributed by atoms with Gasteiger partial charge in [0.05, 0.1) is 5.88 Å². The average molecular weight is 349 g/mol. The van der Waals surface area contributed by atoms with Crippen molar-refractivity contribution in [1.29, 1.82) is 0 Å². The van der Waals surface area contributed by atoms with Gasteiger partial charge >= 0.3 is 0 Å². The molecule has 0 saturated carbocycles. The number of hydrogen-bond donors (Lipinski definition) is 1. The van der Waals surface area contributed by atoms with Gasteiger partial charge in [0.15, 0.2) is 0 Å². The van der Waals surface area contributed by atoms with Crippen molar-refractivity contribution in [1.82, 2.24) is 10.2 Å². The highest BCUT2D eigenvalue weighted by Crippen LogP contribution is 2.26. The first-order valence-electron chi connectivity index (χ1n) is 8.53. The van der Waals surface area contributed by atoms with E-state index in [1.807, 2.05) is 38.1 Å². The molecule has 0 aromatic heterocycles. The van der Waals surface area contributed by atoms with E-state index in [2.05, 4.69) is 26.1 Å². The number of thioether (sulfide) groups is 1. The van der Waals surface area contributed by atoms with Crippen LogP contribution in [0.15, 0.2) is 24.3 Å². The lowest BCUT2D eigenvalue weighted by molar-refractivity contribution is -0.125. The maximum Gasteiger partial charge on any atom is 0.255 e. The van der Waals surface area contributed by atoms with Gasteiger partial charge in [-0.3, -0.25) is 9.59 Å². The van der Waals surface area contributed by atoms with E-state index in [4.69, 9.17) is 0 Å². The molecule has 1 aliphatic rings. The minimum absolute atomic E-state index is 0.0472. The number of carbonyl (C=O) groups is 2. The third-order valence-electron chi connectivity index (χ3n) is 4.44. The van der Waals surface area contributed by atoms with Gasteiger partial charge in [-0.15, -0.1) is 11.8 Å². The molecule has 2 amide bonds. The van der Waals surface area contributed by atoms with E-state index in [1.165, 1.54) is 5.56 Å². The Morgan fingerprint density at radius 1 is 1.29 bits per heavy atom. The first kappa shape index (κ1) is 18.8. The molecule has 2 rings (SSSR count). The maximum absolute atomic E-state index is 12.8. The molecule has 2 atom stereocenters. The summed E-state index contributed by atoms with van der Waals surface area (Å²) in [6.07, 6.45) is 0.883. The molecule has 24 heavy (non-hydrogen) atoms. The van der Waals surface area contributed by atoms with Crippen molar-refractivity contribution in [3.8, 4) is 0 Å². The van der Waals surface area contributed by atoms with E-state index in [0.29, 0.717) is 17.2 Å². The number of hydrogen-bond acceptors (Lipinski definition) is 3. The summed E-state index contributed by atoms with van der Waals surface area (Å²) in [5.74, 6) is 1.12. The summed E-state index contributed by atoms with van der Waals surface area (Å²) in [6.45, 7) is 10.5. The van der Waals surface area contributed by atoms with Gasteiger partial charge in [-0.1, -0.05) is 39.8 Å². The fraction of sp³-hybridized carbons (Fsp3) is 0.579. The summed E-state index contributed by atoms with van der Waals surface area (Å²) in [6, 6.07) is 7.50. The lowest BCUT2D eigenvalue weighted by atomic mass is 9.86. The number of nitrogens with zero attached hydrogens (tertiary/aromatic N) is 1. The Kier molecular flexibility index (Phi) is 5.97. The highest BCUT2D eigenvalue weighted by molar-refractivity contribution is 7.99. The van der Waals surface area contributed by atoms with Crippen molar-refractivity contribution in [2.75, 3.05) is 11.6 Å². The molecule has 4 nitrogen and oxygen atoms in total. The molecule has 132 valence electrons. The van der Waals surface area contributed by atoms with Gasteiger partial charge in [-0.2, -0.15) is 0 Å². The first-order chi connectivity index (χ1) is 11.2. The maximum atomic E-state index is 12.8. The van der Waals surface area contributed by atoms with Crippen molar-refractivity contribution in [2.45, 2.75) is 58.5 Å². The number of rotatable bonds is 4. The normalized spacial score (nSPS) is 19.2. The second-order valence-corrected chi connectivity index (χ2v) is 8.44. The molecule has 0 unspecified atom stereocenters. The summed E-state index contributed by atoms with van der Waals surface area (Å²) >= 11 is 1.63. The van der Waals surface area contributed by atoms with E-state index in [9.17, 15) is 9.59 Å². The lowest BCUT2D eigenvalue weighted by Crippen LogP contribution is -2.49. The smallest absolute Gasteiger partial charge is 0.255 e. The van der Waals surface area contributed by atoms with Crippen molar-refractivity contribution in [2.24, 2.45) is 0 Å². The summed E-state index contributed by atoms with van der Waals surface area (Å²) in [5.41, 5.74) is 1.90. The Bertz CT molecular complexity index is 592. The van der Waals surface area contributed by atoms with Gasteiger partial charge in [0.2, 0.25) is 5.91 Å². The Hall–Kier alpha value is -1.49. The quantitative estimate of drug-likeness (QED) is 0.907. The van der Waals surface area contributed by atoms with Crippen LogP contribution >= 0.6 is 11.8 Å². The van der Waals surface area contributed by atoms with E-state index in [-0.39, 0.29) is 29.3 Å². The van der Waals surface area contributed by atoms with Crippen molar-refractivity contribution in [3.63, 3.8) is 0 Å². The van der Waals surface area contributed by atoms with Crippen molar-refractivity contribution < 1.29 is 9.59 Å². The van der Waals surface area contributed by atoms with E-state index >= 15 is 0 Å². The zero-order valence-electron chi connectivity index (χ0n) is 15.3. The van der Waals surface area contributed by atoms with Crippen LogP contribution in [0, 0.1) is 0 Å². The molecule has 1 aromatic carbocycles. The van der Waals surface area contributed by atoms with Crippen LogP contribution in [0.3, 0.4) is 0 Å². The molecule has 1 saturated heterocycles. The molecule has 0 bridgehead atoms. The molecule has 1 aromatic rings. The number of benzene rings is 1. The van der Waals surface area contributed by atoms with Crippen LogP contribution in [0.4, 0.5) is 0 Å². The second-order valence-electron chi connectivity index (χ2n) is 7.44. The number of nitrogens with one attached hydrogen (secondary N) is 1. The third kappa shape index (κ3) is 4.32. The molecule has 1 heterocycles. The summed E-state index contributed by atoms with van der Waals surface area (Å²) in [7, 11) is 0. The summed E-state index contributed by atoms with van der Waals surface area (Å²) in [5, 5.41) is 2.99. The number of amides is 2. The predicted octanol–water partition coefficient (Wildman–Crippen LogP) is 3.41. The molecule has 1 N–H and O–H groups in total. The highest BCUT2D eigenvalue weighted by Gasteiger charge is 2.35. The minimum atomic E-state index is -0.376. The summed E-state index contributed by atoms with van der Waals surface area (Å²) < 4.78 is 0. The van der Waals surface area contributed by atoms with Crippen molar-refractivity contribution in [3.05, 3.63) is 35.4 Å². The fourth-order valence-corrected chi connectivity index (χ4v) is 3.73. The molecule has 0 aliphatic carbocycles. The molecule has 1 aliphatic heterocycles. The van der Waals surface area contributed by atoms with Gasteiger partial charge in [-0.25, -0.2) is 0 Å². The van der Waals surface area contributed by atoms with Gasteiger partial charge in [0, 0.05) is 17.4 Å². The van der Waals surface area contributed by atoms with Crippen molar-refractivity contribution >= 4 is 23.6 Å². The van der Waals surface area contributed by atoms with Crippen LogP contribution in [0.1, 0.15) is 57.0 Å². The van der Waals surface area contributed by atoms with Gasteiger partial charge in [0.1, 0.15) is 6.04 Å². The molecule has 1 fully saturated rings. The predicted molar refractivity (Wildman–Crippen MR) is 100 cm³/mol. The second kappa shape index (κ2) is 7.60. The van der Waals surface area contributed by atoms with Crippen LogP contribution < -0.4 is 5.32 Å². The van der Waals surface area contributed by atoms with Crippen LogP contribution in [0.5, 0.6) is 0 Å². The standard InChI is InChI=1S/C19H28N2O2S/c1-6-13(2)20-17(22)16-11-24-12-21(16)18(23)14-7-9-15(10-8-14)19(3,4)5/h7-10,13,16H,6,11-12H2,1-5H3,(H,20,22)/t13-,16+/m0/s1. The molecular formula is C19H28N2O2S. The molecule has 0 spiro atoms. The van der Waals surface area contributed by atoms with Gasteiger partial charge < -0.3 is 10.2 Å². The largest absolute Gasteiger partial charge is 0.352 e. The zero-order valence-corrected chi connectivity index (χ0v) is 16.1. The van der Waals surface area contributed by atoms with E-state index < -0.39 is 0 Å². The highest BCUT2D eigenvalue weighted by atomic mass is 32.2. The third-order valence-corrected chi connectivity index (χ3v) is 5.46. The van der Waals surface area contributed by atoms with Crippen LogP contribution in [-0.4, -0.2) is 40.4 Å². The Labute approximate surface area is 149 Å². The Morgan fingerprint density at radius 3 is 2.46 bits per heavy atom. The SMILES string of the molecule is CC[C@H](C)NC(=O)[C@H]1CSCN1C(=O)c1ccc(C(C)(C)C)cc1. The van der Waals surface area contributed by atoms with E-state index in [1.54, 1.807) is 16.7 Å². The first-order valence-corrected chi connectivity index (χ1v) is 9.69. The topological polar surface area (TPSA) is 49.4 Å². The zero-order chi connectivity index (χ0) is 17.9. The lowest BCUT2D eigenvalue weighted by Gasteiger charge is -2.25. The Morgan fingerprint density at radius 2 is 1.92 bits per heavy atom.